The summed E-state index contributed by atoms with van der Waals surface area (Å²) in [4.78, 5) is 27.2. The Hall–Kier alpha value is -2.89. The zero-order valence-electron chi connectivity index (χ0n) is 17.0. The minimum atomic E-state index is -0.245. The van der Waals surface area contributed by atoms with Gasteiger partial charge >= 0.3 is 0 Å². The van der Waals surface area contributed by atoms with E-state index in [1.807, 2.05) is 30.0 Å². The quantitative estimate of drug-likeness (QED) is 0.803. The van der Waals surface area contributed by atoms with Crippen LogP contribution < -0.4 is 5.43 Å². The number of hydrazone groups is 1. The van der Waals surface area contributed by atoms with Gasteiger partial charge in [0.2, 0.25) is 0 Å². The molecule has 0 spiro atoms. The van der Waals surface area contributed by atoms with E-state index in [-0.39, 0.29) is 11.8 Å². The van der Waals surface area contributed by atoms with Crippen LogP contribution in [0, 0.1) is 12.8 Å². The molecular weight excluding hydrogens is 366 g/mol. The fourth-order valence-corrected chi connectivity index (χ4v) is 4.11. The molecule has 1 aliphatic heterocycles. The number of rotatable bonds is 3. The Morgan fingerprint density at radius 2 is 1.86 bits per heavy atom. The van der Waals surface area contributed by atoms with Gasteiger partial charge in [-0.3, -0.25) is 9.59 Å². The third-order valence-corrected chi connectivity index (χ3v) is 5.92. The fourth-order valence-electron chi connectivity index (χ4n) is 4.11. The van der Waals surface area contributed by atoms with Crippen LogP contribution in [-0.4, -0.2) is 35.5 Å². The maximum Gasteiger partial charge on any atom is 0.289 e. The van der Waals surface area contributed by atoms with Crippen molar-refractivity contribution in [2.45, 2.75) is 46.0 Å². The number of likely N-dealkylation sites (tertiary alicyclic amines) is 1. The first-order valence-corrected chi connectivity index (χ1v) is 10.4. The van der Waals surface area contributed by atoms with E-state index in [9.17, 15) is 9.59 Å². The Bertz CT molecular complexity index is 938. The first-order valence-electron chi connectivity index (χ1n) is 10.4. The molecule has 0 atom stereocenters. The summed E-state index contributed by atoms with van der Waals surface area (Å²) in [5.74, 6) is 1.61. The van der Waals surface area contributed by atoms with E-state index in [1.165, 1.54) is 0 Å². The van der Waals surface area contributed by atoms with Crippen molar-refractivity contribution >= 4 is 17.5 Å². The average molecular weight is 393 g/mol. The predicted molar refractivity (Wildman–Crippen MR) is 111 cm³/mol. The van der Waals surface area contributed by atoms with Crippen LogP contribution >= 0.6 is 0 Å². The van der Waals surface area contributed by atoms with Crippen molar-refractivity contribution in [2.75, 3.05) is 13.1 Å². The number of carbonyl (C=O) groups excluding carboxylic acids is 2. The van der Waals surface area contributed by atoms with Gasteiger partial charge in [-0.2, -0.15) is 5.10 Å². The van der Waals surface area contributed by atoms with Gasteiger partial charge < -0.3 is 9.32 Å². The van der Waals surface area contributed by atoms with E-state index in [0.29, 0.717) is 17.2 Å². The molecule has 1 N–H and O–H groups in total. The molecule has 0 radical (unpaired) electrons. The third kappa shape index (κ3) is 3.97. The molecule has 1 aromatic carbocycles. The number of nitrogens with zero attached hydrogens (tertiary/aromatic N) is 2. The molecule has 2 aliphatic rings. The molecule has 152 valence electrons. The summed E-state index contributed by atoms with van der Waals surface area (Å²) in [6.07, 6.45) is 4.48. The highest BCUT2D eigenvalue weighted by Gasteiger charge is 2.31. The number of hydrogen-bond acceptors (Lipinski definition) is 4. The van der Waals surface area contributed by atoms with Crippen molar-refractivity contribution in [1.29, 1.82) is 0 Å². The Morgan fingerprint density at radius 3 is 2.59 bits per heavy atom. The molecule has 0 saturated carbocycles. The van der Waals surface area contributed by atoms with Crippen molar-refractivity contribution in [3.8, 4) is 0 Å². The second kappa shape index (κ2) is 8.23. The molecule has 29 heavy (non-hydrogen) atoms. The molecule has 4 rings (SSSR count). The van der Waals surface area contributed by atoms with E-state index < -0.39 is 0 Å². The van der Waals surface area contributed by atoms with Crippen LogP contribution in [0.25, 0.3) is 0 Å². The first-order chi connectivity index (χ1) is 14.0. The zero-order valence-corrected chi connectivity index (χ0v) is 17.0. The highest BCUT2D eigenvalue weighted by Crippen LogP contribution is 2.31. The smallest absolute Gasteiger partial charge is 0.289 e. The minimum Gasteiger partial charge on any atom is -0.455 e. The number of amides is 2. The molecule has 1 saturated heterocycles. The Balaban J connectivity index is 1.56. The summed E-state index contributed by atoms with van der Waals surface area (Å²) in [5.41, 5.74) is 5.72. The van der Waals surface area contributed by atoms with Gasteiger partial charge in [0.15, 0.2) is 5.76 Å². The van der Waals surface area contributed by atoms with Gasteiger partial charge in [0.1, 0.15) is 5.76 Å². The topological polar surface area (TPSA) is 74.9 Å². The lowest BCUT2D eigenvalue weighted by Gasteiger charge is -2.29. The van der Waals surface area contributed by atoms with Gasteiger partial charge in [-0.25, -0.2) is 5.43 Å². The van der Waals surface area contributed by atoms with E-state index in [2.05, 4.69) is 17.5 Å². The second-order valence-electron chi connectivity index (χ2n) is 8.05. The first kappa shape index (κ1) is 19.4. The number of nitrogens with one attached hydrogen (secondary N) is 1. The summed E-state index contributed by atoms with van der Waals surface area (Å²) in [7, 11) is 0. The van der Waals surface area contributed by atoms with Crippen molar-refractivity contribution in [3.05, 3.63) is 58.5 Å². The van der Waals surface area contributed by atoms with Crippen LogP contribution in [-0.2, 0) is 6.42 Å². The van der Waals surface area contributed by atoms with Crippen molar-refractivity contribution in [1.82, 2.24) is 10.3 Å². The van der Waals surface area contributed by atoms with E-state index >= 15 is 0 Å². The second-order valence-corrected chi connectivity index (χ2v) is 8.05. The molecule has 1 fully saturated rings. The van der Waals surface area contributed by atoms with E-state index in [4.69, 9.17) is 4.42 Å². The molecule has 2 amide bonds. The number of aryl methyl sites for hydroxylation is 1. The van der Waals surface area contributed by atoms with Gasteiger partial charge in [-0.05, 0) is 50.7 Å². The predicted octanol–water partition coefficient (Wildman–Crippen LogP) is 3.93. The molecule has 6 heteroatoms. The molecule has 1 aromatic heterocycles. The van der Waals surface area contributed by atoms with Crippen LogP contribution in [0.5, 0.6) is 0 Å². The van der Waals surface area contributed by atoms with Crippen LogP contribution in [0.4, 0.5) is 0 Å². The fraction of sp³-hybridized carbons (Fsp3) is 0.435. The van der Waals surface area contributed by atoms with Gasteiger partial charge in [-0.15, -0.1) is 0 Å². The number of hydrogen-bond donors (Lipinski definition) is 1. The molecule has 0 bridgehead atoms. The summed E-state index contributed by atoms with van der Waals surface area (Å²) in [5, 5.41) is 4.39. The van der Waals surface area contributed by atoms with Crippen LogP contribution in [0.2, 0.25) is 0 Å². The zero-order chi connectivity index (χ0) is 20.4. The SMILES string of the molecule is Cc1c(C(=O)N2CCC(C)CC2)oc2c1/C(=N/NC(=O)c1ccccc1)CCC2. The molecule has 2 aromatic rings. The summed E-state index contributed by atoms with van der Waals surface area (Å²) in [6.45, 7) is 5.70. The number of furan rings is 1. The van der Waals surface area contributed by atoms with Gasteiger partial charge in [0.25, 0.3) is 11.8 Å². The van der Waals surface area contributed by atoms with Crippen molar-refractivity contribution in [2.24, 2.45) is 11.0 Å². The number of piperidine rings is 1. The number of benzene rings is 1. The lowest BCUT2D eigenvalue weighted by Crippen LogP contribution is -2.38. The largest absolute Gasteiger partial charge is 0.455 e. The van der Waals surface area contributed by atoms with Crippen molar-refractivity contribution < 1.29 is 14.0 Å². The van der Waals surface area contributed by atoms with E-state index in [1.54, 1.807) is 12.1 Å². The van der Waals surface area contributed by atoms with Gasteiger partial charge in [0.05, 0.1) is 5.71 Å². The maximum atomic E-state index is 13.0. The minimum absolute atomic E-state index is 0.0310. The molecule has 2 heterocycles. The van der Waals surface area contributed by atoms with Gasteiger partial charge in [-0.1, -0.05) is 25.1 Å². The Kier molecular flexibility index (Phi) is 5.51. The summed E-state index contributed by atoms with van der Waals surface area (Å²) < 4.78 is 6.02. The van der Waals surface area contributed by atoms with Crippen LogP contribution in [0.15, 0.2) is 39.9 Å². The molecule has 6 nitrogen and oxygen atoms in total. The highest BCUT2D eigenvalue weighted by molar-refractivity contribution is 6.07. The summed E-state index contributed by atoms with van der Waals surface area (Å²) >= 11 is 0. The van der Waals surface area contributed by atoms with Crippen LogP contribution in [0.1, 0.15) is 70.4 Å². The summed E-state index contributed by atoms with van der Waals surface area (Å²) in [6, 6.07) is 9.01. The molecule has 0 unspecified atom stereocenters. The lowest BCUT2D eigenvalue weighted by molar-refractivity contribution is 0.0662. The van der Waals surface area contributed by atoms with Crippen molar-refractivity contribution in [3.63, 3.8) is 0 Å². The highest BCUT2D eigenvalue weighted by atomic mass is 16.4. The standard InChI is InChI=1S/C23H27N3O3/c1-15-11-13-26(14-12-15)23(28)21-16(2)20-18(9-6-10-19(20)29-21)24-25-22(27)17-7-4-3-5-8-17/h3-5,7-8,15H,6,9-14H2,1-2H3,(H,25,27)/b24-18+. The average Bonchev–Trinajstić information content (AvgIpc) is 3.10. The molecule has 1 aliphatic carbocycles. The Morgan fingerprint density at radius 1 is 1.14 bits per heavy atom. The Labute approximate surface area is 171 Å². The lowest BCUT2D eigenvalue weighted by atomic mass is 9.93. The number of fused-ring (bicyclic) bond motifs is 1. The van der Waals surface area contributed by atoms with Gasteiger partial charge in [0, 0.05) is 36.2 Å². The third-order valence-electron chi connectivity index (χ3n) is 5.92. The maximum absolute atomic E-state index is 13.0. The van der Waals surface area contributed by atoms with E-state index in [0.717, 1.165) is 67.8 Å². The number of carbonyl (C=O) groups is 2. The molecular formula is C23H27N3O3. The van der Waals surface area contributed by atoms with Crippen LogP contribution in [0.3, 0.4) is 0 Å². The monoisotopic (exact) mass is 393 g/mol. The normalized spacial score (nSPS) is 18.6.